The molecule has 3 rings (SSSR count). The molecule has 0 saturated carbocycles. The Morgan fingerprint density at radius 2 is 2.21 bits per heavy atom. The maximum atomic E-state index is 6.16. The summed E-state index contributed by atoms with van der Waals surface area (Å²) in [5.74, 6) is 1.94. The fraction of sp³-hybridized carbons (Fsp3) is 0.500. The SMILES string of the molecule is COc1ccc2c(c1)CCC(C1=CCN(C)CC1)O2. The predicted octanol–water partition coefficient (Wildman–Crippen LogP) is 2.65. The van der Waals surface area contributed by atoms with Crippen LogP contribution >= 0.6 is 0 Å². The largest absolute Gasteiger partial charge is 0.497 e. The van der Waals surface area contributed by atoms with Crippen LogP contribution in [-0.4, -0.2) is 38.3 Å². The van der Waals surface area contributed by atoms with Crippen molar-refractivity contribution in [3.8, 4) is 11.5 Å². The number of hydrogen-bond acceptors (Lipinski definition) is 3. The van der Waals surface area contributed by atoms with E-state index in [2.05, 4.69) is 24.1 Å². The van der Waals surface area contributed by atoms with Crippen LogP contribution < -0.4 is 9.47 Å². The van der Waals surface area contributed by atoms with Crippen LogP contribution in [0, 0.1) is 0 Å². The third-order valence-electron chi connectivity index (χ3n) is 4.07. The van der Waals surface area contributed by atoms with Gasteiger partial charge in [-0.25, -0.2) is 0 Å². The van der Waals surface area contributed by atoms with Gasteiger partial charge >= 0.3 is 0 Å². The Hall–Kier alpha value is -1.48. The molecule has 19 heavy (non-hydrogen) atoms. The second-order valence-corrected chi connectivity index (χ2v) is 5.41. The Balaban J connectivity index is 1.75. The molecule has 0 N–H and O–H groups in total. The number of nitrogens with zero attached hydrogens (tertiary/aromatic N) is 1. The number of fused-ring (bicyclic) bond motifs is 1. The lowest BCUT2D eigenvalue weighted by atomic mass is 9.94. The van der Waals surface area contributed by atoms with E-state index in [4.69, 9.17) is 9.47 Å². The Morgan fingerprint density at radius 1 is 1.32 bits per heavy atom. The Labute approximate surface area is 114 Å². The van der Waals surface area contributed by atoms with Crippen molar-refractivity contribution in [3.63, 3.8) is 0 Å². The zero-order valence-electron chi connectivity index (χ0n) is 11.7. The average Bonchev–Trinajstić information content (AvgIpc) is 2.47. The minimum absolute atomic E-state index is 0.273. The lowest BCUT2D eigenvalue weighted by Gasteiger charge is -2.31. The van der Waals surface area contributed by atoms with E-state index in [-0.39, 0.29) is 6.10 Å². The van der Waals surface area contributed by atoms with Gasteiger partial charge in [-0.05, 0) is 55.6 Å². The van der Waals surface area contributed by atoms with Crippen LogP contribution in [0.4, 0.5) is 0 Å². The van der Waals surface area contributed by atoms with E-state index in [1.165, 1.54) is 11.1 Å². The normalized spacial score (nSPS) is 23.3. The summed E-state index contributed by atoms with van der Waals surface area (Å²) < 4.78 is 11.4. The molecule has 3 nitrogen and oxygen atoms in total. The van der Waals surface area contributed by atoms with Gasteiger partial charge in [-0.15, -0.1) is 0 Å². The first kappa shape index (κ1) is 12.5. The second-order valence-electron chi connectivity index (χ2n) is 5.41. The molecule has 0 aliphatic carbocycles. The van der Waals surface area contributed by atoms with E-state index in [1.54, 1.807) is 7.11 Å². The van der Waals surface area contributed by atoms with Crippen molar-refractivity contribution < 1.29 is 9.47 Å². The van der Waals surface area contributed by atoms with Gasteiger partial charge in [-0.2, -0.15) is 0 Å². The minimum atomic E-state index is 0.273. The Kier molecular flexibility index (Phi) is 3.47. The van der Waals surface area contributed by atoms with E-state index in [1.807, 2.05) is 12.1 Å². The van der Waals surface area contributed by atoms with E-state index in [0.29, 0.717) is 0 Å². The highest BCUT2D eigenvalue weighted by Gasteiger charge is 2.24. The number of benzene rings is 1. The molecule has 3 heteroatoms. The molecule has 2 heterocycles. The van der Waals surface area contributed by atoms with Crippen LogP contribution in [0.3, 0.4) is 0 Å². The number of likely N-dealkylation sites (N-methyl/N-ethyl adjacent to an activating group) is 1. The van der Waals surface area contributed by atoms with Crippen LogP contribution in [0.2, 0.25) is 0 Å². The lowest BCUT2D eigenvalue weighted by molar-refractivity contribution is 0.194. The van der Waals surface area contributed by atoms with E-state index in [0.717, 1.165) is 43.9 Å². The van der Waals surface area contributed by atoms with Crippen LogP contribution in [0.5, 0.6) is 11.5 Å². The number of ether oxygens (including phenoxy) is 2. The standard InChI is InChI=1S/C16H21NO2/c1-17-9-7-12(8-10-17)15-5-3-13-11-14(18-2)4-6-16(13)19-15/h4,6-7,11,15H,3,5,8-10H2,1-2H3. The zero-order chi connectivity index (χ0) is 13.2. The fourth-order valence-corrected chi connectivity index (χ4v) is 2.83. The molecule has 2 aliphatic rings. The summed E-state index contributed by atoms with van der Waals surface area (Å²) in [7, 11) is 3.87. The first-order valence-corrected chi connectivity index (χ1v) is 6.97. The molecule has 2 aliphatic heterocycles. The molecule has 0 bridgehead atoms. The highest BCUT2D eigenvalue weighted by molar-refractivity contribution is 5.42. The molecule has 0 aromatic heterocycles. The van der Waals surface area contributed by atoms with Crippen LogP contribution in [0.15, 0.2) is 29.8 Å². The zero-order valence-corrected chi connectivity index (χ0v) is 11.7. The number of methoxy groups -OCH3 is 1. The summed E-state index contributed by atoms with van der Waals surface area (Å²) >= 11 is 0. The highest BCUT2D eigenvalue weighted by atomic mass is 16.5. The average molecular weight is 259 g/mol. The first-order chi connectivity index (χ1) is 9.26. The van der Waals surface area contributed by atoms with Crippen LogP contribution in [0.25, 0.3) is 0 Å². The molecular formula is C16H21NO2. The number of rotatable bonds is 2. The second kappa shape index (κ2) is 5.25. The molecular weight excluding hydrogens is 238 g/mol. The van der Waals surface area contributed by atoms with Gasteiger partial charge in [0.2, 0.25) is 0 Å². The minimum Gasteiger partial charge on any atom is -0.497 e. The van der Waals surface area contributed by atoms with Gasteiger partial charge in [0.1, 0.15) is 17.6 Å². The molecule has 0 radical (unpaired) electrons. The Morgan fingerprint density at radius 3 is 2.95 bits per heavy atom. The van der Waals surface area contributed by atoms with Crippen molar-refractivity contribution >= 4 is 0 Å². The fourth-order valence-electron chi connectivity index (χ4n) is 2.83. The molecule has 1 unspecified atom stereocenters. The van der Waals surface area contributed by atoms with Gasteiger partial charge in [0, 0.05) is 13.1 Å². The van der Waals surface area contributed by atoms with Crippen molar-refractivity contribution in [3.05, 3.63) is 35.4 Å². The molecule has 1 aromatic carbocycles. The van der Waals surface area contributed by atoms with Crippen LogP contribution in [0.1, 0.15) is 18.4 Å². The molecule has 0 spiro atoms. The number of hydrogen-bond donors (Lipinski definition) is 0. The van der Waals surface area contributed by atoms with E-state index in [9.17, 15) is 0 Å². The van der Waals surface area contributed by atoms with Gasteiger partial charge in [-0.3, -0.25) is 0 Å². The van der Waals surface area contributed by atoms with Gasteiger partial charge in [0.25, 0.3) is 0 Å². The lowest BCUT2D eigenvalue weighted by Crippen LogP contribution is -2.31. The molecule has 1 atom stereocenters. The Bertz CT molecular complexity index is 496. The number of aryl methyl sites for hydroxylation is 1. The summed E-state index contributed by atoms with van der Waals surface area (Å²) in [4.78, 5) is 2.34. The van der Waals surface area contributed by atoms with Gasteiger partial charge in [0.15, 0.2) is 0 Å². The van der Waals surface area contributed by atoms with Crippen molar-refractivity contribution in [2.45, 2.75) is 25.4 Å². The first-order valence-electron chi connectivity index (χ1n) is 6.97. The van der Waals surface area contributed by atoms with Gasteiger partial charge < -0.3 is 14.4 Å². The predicted molar refractivity (Wildman–Crippen MR) is 75.9 cm³/mol. The van der Waals surface area contributed by atoms with Crippen LogP contribution in [-0.2, 0) is 6.42 Å². The van der Waals surface area contributed by atoms with E-state index >= 15 is 0 Å². The van der Waals surface area contributed by atoms with Crippen molar-refractivity contribution in [1.29, 1.82) is 0 Å². The summed E-state index contributed by atoms with van der Waals surface area (Å²) in [6.07, 6.45) is 5.89. The summed E-state index contributed by atoms with van der Waals surface area (Å²) in [5.41, 5.74) is 2.74. The molecule has 0 amide bonds. The van der Waals surface area contributed by atoms with Crippen molar-refractivity contribution in [1.82, 2.24) is 4.90 Å². The smallest absolute Gasteiger partial charge is 0.123 e. The molecule has 0 saturated heterocycles. The quantitative estimate of drug-likeness (QED) is 0.762. The van der Waals surface area contributed by atoms with Gasteiger partial charge in [0.05, 0.1) is 7.11 Å². The van der Waals surface area contributed by atoms with E-state index < -0.39 is 0 Å². The van der Waals surface area contributed by atoms with Gasteiger partial charge in [-0.1, -0.05) is 6.08 Å². The third kappa shape index (κ3) is 2.61. The maximum Gasteiger partial charge on any atom is 0.123 e. The molecule has 1 aromatic rings. The molecule has 0 fully saturated rings. The maximum absolute atomic E-state index is 6.16. The summed E-state index contributed by atoms with van der Waals surface area (Å²) in [5, 5.41) is 0. The summed E-state index contributed by atoms with van der Waals surface area (Å²) in [6, 6.07) is 6.11. The highest BCUT2D eigenvalue weighted by Crippen LogP contribution is 2.33. The topological polar surface area (TPSA) is 21.7 Å². The monoisotopic (exact) mass is 259 g/mol. The van der Waals surface area contributed by atoms with Crippen molar-refractivity contribution in [2.24, 2.45) is 0 Å². The summed E-state index contributed by atoms with van der Waals surface area (Å²) in [6.45, 7) is 2.19. The van der Waals surface area contributed by atoms with Crippen molar-refractivity contribution in [2.75, 3.05) is 27.2 Å². The molecule has 102 valence electrons. The third-order valence-corrected chi connectivity index (χ3v) is 4.07.